The summed E-state index contributed by atoms with van der Waals surface area (Å²) in [5.41, 5.74) is 3.01. The maximum absolute atomic E-state index is 9.79. The zero-order chi connectivity index (χ0) is 14.7. The van der Waals surface area contributed by atoms with Crippen LogP contribution in [-0.2, 0) is 12.1 Å². The van der Waals surface area contributed by atoms with Crippen LogP contribution in [0.15, 0.2) is 60.8 Å². The number of rotatable bonds is 5. The van der Waals surface area contributed by atoms with E-state index in [0.717, 1.165) is 11.1 Å². The molecule has 0 saturated heterocycles. The molecule has 1 atom stereocenters. The van der Waals surface area contributed by atoms with Crippen LogP contribution >= 0.6 is 0 Å². The molecule has 3 heteroatoms. The molecular formula is C18H20N2O. The molecule has 21 heavy (non-hydrogen) atoms. The molecule has 0 saturated carbocycles. The lowest BCUT2D eigenvalue weighted by Crippen LogP contribution is -2.42. The Bertz CT molecular complexity index is 720. The smallest absolute Gasteiger partial charge is 0.0652 e. The van der Waals surface area contributed by atoms with Gasteiger partial charge in [-0.1, -0.05) is 36.4 Å². The molecule has 0 bridgehead atoms. The first kappa shape index (κ1) is 13.9. The molecular weight excluding hydrogens is 260 g/mol. The van der Waals surface area contributed by atoms with E-state index in [1.165, 1.54) is 10.9 Å². The maximum Gasteiger partial charge on any atom is 0.0652 e. The summed E-state index contributed by atoms with van der Waals surface area (Å²) in [5.74, 6) is 0. The molecule has 3 aromatic rings. The largest absolute Gasteiger partial charge is 0.394 e. The lowest BCUT2D eigenvalue weighted by atomic mass is 9.92. The van der Waals surface area contributed by atoms with Gasteiger partial charge >= 0.3 is 0 Å². The summed E-state index contributed by atoms with van der Waals surface area (Å²) in [7, 11) is 0. The molecule has 0 aliphatic carbocycles. The van der Waals surface area contributed by atoms with Crippen LogP contribution in [0.4, 0.5) is 0 Å². The number of aliphatic hydroxyl groups excluding tert-OH is 1. The Labute approximate surface area is 124 Å². The minimum absolute atomic E-state index is 0.0589. The summed E-state index contributed by atoms with van der Waals surface area (Å²) < 4.78 is 0. The van der Waals surface area contributed by atoms with E-state index in [0.29, 0.717) is 6.54 Å². The van der Waals surface area contributed by atoms with Crippen molar-refractivity contribution in [3.8, 4) is 0 Å². The average molecular weight is 280 g/mol. The van der Waals surface area contributed by atoms with Crippen molar-refractivity contribution in [3.05, 3.63) is 71.9 Å². The molecule has 0 aliphatic rings. The second-order valence-corrected chi connectivity index (χ2v) is 5.61. The van der Waals surface area contributed by atoms with Crippen LogP contribution in [0.2, 0.25) is 0 Å². The monoisotopic (exact) mass is 280 g/mol. The molecule has 0 spiro atoms. The standard InChI is InChI=1S/C18H20N2O/c1-18(13-21,16-5-3-2-4-6-16)20-12-14-7-8-17-15(11-14)9-10-19-17/h2-11,19-21H,12-13H2,1H3. The fourth-order valence-electron chi connectivity index (χ4n) is 2.57. The molecule has 1 aromatic heterocycles. The Kier molecular flexibility index (Phi) is 3.78. The van der Waals surface area contributed by atoms with Gasteiger partial charge in [0.1, 0.15) is 0 Å². The number of fused-ring (bicyclic) bond motifs is 1. The van der Waals surface area contributed by atoms with Gasteiger partial charge < -0.3 is 15.4 Å². The van der Waals surface area contributed by atoms with Crippen molar-refractivity contribution in [2.45, 2.75) is 19.0 Å². The molecule has 1 heterocycles. The van der Waals surface area contributed by atoms with Crippen molar-refractivity contribution in [2.75, 3.05) is 6.61 Å². The highest BCUT2D eigenvalue weighted by Crippen LogP contribution is 2.21. The second kappa shape index (κ2) is 5.72. The van der Waals surface area contributed by atoms with Gasteiger partial charge in [-0.2, -0.15) is 0 Å². The van der Waals surface area contributed by atoms with Crippen molar-refractivity contribution >= 4 is 10.9 Å². The first-order chi connectivity index (χ1) is 10.2. The summed E-state index contributed by atoms with van der Waals surface area (Å²) in [4.78, 5) is 3.20. The first-order valence-electron chi connectivity index (χ1n) is 7.19. The minimum atomic E-state index is -0.436. The first-order valence-corrected chi connectivity index (χ1v) is 7.19. The molecule has 0 aliphatic heterocycles. The Hall–Kier alpha value is -2.10. The number of H-pyrrole nitrogens is 1. The van der Waals surface area contributed by atoms with E-state index < -0.39 is 5.54 Å². The van der Waals surface area contributed by atoms with Gasteiger partial charge in [0.05, 0.1) is 12.1 Å². The molecule has 3 N–H and O–H groups in total. The lowest BCUT2D eigenvalue weighted by molar-refractivity contribution is 0.173. The molecule has 1 unspecified atom stereocenters. The minimum Gasteiger partial charge on any atom is -0.394 e. The normalized spacial score (nSPS) is 14.2. The second-order valence-electron chi connectivity index (χ2n) is 5.61. The summed E-state index contributed by atoms with van der Waals surface area (Å²) in [5, 5.41) is 14.5. The number of aromatic amines is 1. The van der Waals surface area contributed by atoms with Crippen molar-refractivity contribution in [3.63, 3.8) is 0 Å². The van der Waals surface area contributed by atoms with Gasteiger partial charge in [0.15, 0.2) is 0 Å². The highest BCUT2D eigenvalue weighted by Gasteiger charge is 2.24. The molecule has 2 aromatic carbocycles. The van der Waals surface area contributed by atoms with Gasteiger partial charge in [-0.05, 0) is 41.6 Å². The summed E-state index contributed by atoms with van der Waals surface area (Å²) in [6.07, 6.45) is 1.95. The predicted molar refractivity (Wildman–Crippen MR) is 86.0 cm³/mol. The number of hydrogen-bond donors (Lipinski definition) is 3. The molecule has 108 valence electrons. The van der Waals surface area contributed by atoms with Crippen molar-refractivity contribution in [2.24, 2.45) is 0 Å². The van der Waals surface area contributed by atoms with Crippen LogP contribution in [-0.4, -0.2) is 16.7 Å². The fraction of sp³-hybridized carbons (Fsp3) is 0.222. The van der Waals surface area contributed by atoms with Crippen LogP contribution in [0, 0.1) is 0 Å². The molecule has 3 nitrogen and oxygen atoms in total. The number of aromatic nitrogens is 1. The third-order valence-electron chi connectivity index (χ3n) is 4.03. The number of hydrogen-bond acceptors (Lipinski definition) is 2. The Morgan fingerprint density at radius 3 is 2.67 bits per heavy atom. The fourth-order valence-corrected chi connectivity index (χ4v) is 2.57. The van der Waals surface area contributed by atoms with Crippen molar-refractivity contribution in [1.82, 2.24) is 10.3 Å². The van der Waals surface area contributed by atoms with Crippen LogP contribution in [0.3, 0.4) is 0 Å². The van der Waals surface area contributed by atoms with Crippen LogP contribution in [0.5, 0.6) is 0 Å². The Morgan fingerprint density at radius 1 is 1.10 bits per heavy atom. The number of aliphatic hydroxyl groups is 1. The van der Waals surface area contributed by atoms with E-state index in [2.05, 4.69) is 34.6 Å². The third-order valence-corrected chi connectivity index (χ3v) is 4.03. The van der Waals surface area contributed by atoms with E-state index in [4.69, 9.17) is 0 Å². The molecule has 0 fully saturated rings. The summed E-state index contributed by atoms with van der Waals surface area (Å²) in [6, 6.07) is 18.5. The van der Waals surface area contributed by atoms with E-state index in [-0.39, 0.29) is 6.61 Å². The van der Waals surface area contributed by atoms with E-state index >= 15 is 0 Å². The van der Waals surface area contributed by atoms with Gasteiger partial charge in [-0.3, -0.25) is 0 Å². The van der Waals surface area contributed by atoms with E-state index in [1.807, 2.05) is 43.5 Å². The summed E-state index contributed by atoms with van der Waals surface area (Å²) in [6.45, 7) is 2.80. The Morgan fingerprint density at radius 2 is 1.90 bits per heavy atom. The van der Waals surface area contributed by atoms with E-state index in [1.54, 1.807) is 0 Å². The van der Waals surface area contributed by atoms with Gasteiger partial charge in [-0.15, -0.1) is 0 Å². The maximum atomic E-state index is 9.79. The predicted octanol–water partition coefficient (Wildman–Crippen LogP) is 3.17. The van der Waals surface area contributed by atoms with Gasteiger partial charge in [0.2, 0.25) is 0 Å². The quantitative estimate of drug-likeness (QED) is 0.672. The zero-order valence-electron chi connectivity index (χ0n) is 12.1. The third kappa shape index (κ3) is 2.84. The van der Waals surface area contributed by atoms with Gasteiger partial charge in [-0.25, -0.2) is 0 Å². The van der Waals surface area contributed by atoms with Crippen LogP contribution < -0.4 is 5.32 Å². The van der Waals surface area contributed by atoms with Crippen molar-refractivity contribution < 1.29 is 5.11 Å². The van der Waals surface area contributed by atoms with Crippen LogP contribution in [0.1, 0.15) is 18.1 Å². The highest BCUT2D eigenvalue weighted by atomic mass is 16.3. The summed E-state index contributed by atoms with van der Waals surface area (Å²) >= 11 is 0. The average Bonchev–Trinajstić information content (AvgIpc) is 3.01. The molecule has 3 rings (SSSR count). The molecule has 0 amide bonds. The van der Waals surface area contributed by atoms with Crippen LogP contribution in [0.25, 0.3) is 10.9 Å². The molecule has 0 radical (unpaired) electrons. The van der Waals surface area contributed by atoms with Gasteiger partial charge in [0.25, 0.3) is 0 Å². The Balaban J connectivity index is 1.78. The zero-order valence-corrected chi connectivity index (χ0v) is 12.1. The lowest BCUT2D eigenvalue weighted by Gasteiger charge is -2.29. The van der Waals surface area contributed by atoms with E-state index in [9.17, 15) is 5.11 Å². The van der Waals surface area contributed by atoms with Crippen molar-refractivity contribution in [1.29, 1.82) is 0 Å². The topological polar surface area (TPSA) is 48.0 Å². The number of nitrogens with one attached hydrogen (secondary N) is 2. The van der Waals surface area contributed by atoms with Gasteiger partial charge in [0, 0.05) is 18.3 Å². The number of benzene rings is 2. The highest BCUT2D eigenvalue weighted by molar-refractivity contribution is 5.79. The SMILES string of the molecule is CC(CO)(NCc1ccc2[nH]ccc2c1)c1ccccc1.